The van der Waals surface area contributed by atoms with E-state index < -0.39 is 17.8 Å². The molecule has 0 saturated heterocycles. The van der Waals surface area contributed by atoms with Crippen molar-refractivity contribution in [2.45, 2.75) is 18.9 Å². The second kappa shape index (κ2) is 8.89. The standard InChI is InChI=1S/C27H20ClN2O4/c28-21-7-5-15(6-8-21)22-11-19(26(32)27(33)34)13-24(31)25(22)23-12-18-9-16-3-1-2-4-17(16)10-20(18)14-29-30-23/h1-11,14,18,23,30H,12-13H2,(H,33,34). The molecule has 34 heavy (non-hydrogen) atoms. The second-order valence-electron chi connectivity index (χ2n) is 8.46. The lowest BCUT2D eigenvalue weighted by Gasteiger charge is -2.27. The van der Waals surface area contributed by atoms with Crippen LogP contribution in [0.1, 0.15) is 18.4 Å². The maximum absolute atomic E-state index is 13.4. The minimum Gasteiger partial charge on any atom is -0.475 e. The normalized spacial score (nSPS) is 21.5. The smallest absolute Gasteiger partial charge is 0.376 e. The molecule has 2 aliphatic carbocycles. The van der Waals surface area contributed by atoms with E-state index in [1.807, 2.05) is 12.1 Å². The summed E-state index contributed by atoms with van der Waals surface area (Å²) in [5.74, 6) is -2.92. The van der Waals surface area contributed by atoms with Crippen molar-refractivity contribution in [3.8, 4) is 0 Å². The average molecular weight is 472 g/mol. The minimum absolute atomic E-state index is 0.0384. The number of Topliss-reactive ketones (excluding diaryl/α,β-unsaturated/α-hetero) is 2. The number of benzene rings is 2. The third-order valence-corrected chi connectivity index (χ3v) is 6.56. The van der Waals surface area contributed by atoms with Gasteiger partial charge in [-0.3, -0.25) is 9.59 Å². The summed E-state index contributed by atoms with van der Waals surface area (Å²) in [5, 5.41) is 12.0. The molecule has 2 aromatic rings. The average Bonchev–Trinajstić information content (AvgIpc) is 3.03. The van der Waals surface area contributed by atoms with Crippen molar-refractivity contribution in [3.63, 3.8) is 0 Å². The monoisotopic (exact) mass is 471 g/mol. The molecule has 2 aromatic carbocycles. The molecule has 1 radical (unpaired) electrons. The Kier molecular flexibility index (Phi) is 5.77. The molecule has 1 aliphatic heterocycles. The fourth-order valence-corrected chi connectivity index (χ4v) is 4.80. The highest BCUT2D eigenvalue weighted by molar-refractivity contribution is 6.41. The van der Waals surface area contributed by atoms with Crippen LogP contribution in [0.2, 0.25) is 5.02 Å². The SMILES string of the molecule is O=C(O)C(=O)C1=CC(c2ccc(Cl)cc2)=C(C2CC3C=c4ccccc4=CC3=C[N]N2)C(=O)C1. The number of nitrogens with zero attached hydrogens (tertiary/aromatic N) is 1. The highest BCUT2D eigenvalue weighted by Gasteiger charge is 2.34. The molecule has 0 aromatic heterocycles. The highest BCUT2D eigenvalue weighted by Crippen LogP contribution is 2.35. The molecule has 1 heterocycles. The van der Waals surface area contributed by atoms with E-state index in [0.717, 1.165) is 16.0 Å². The lowest BCUT2D eigenvalue weighted by molar-refractivity contribution is -0.147. The third kappa shape index (κ3) is 4.14. The number of fused-ring (bicyclic) bond motifs is 2. The quantitative estimate of drug-likeness (QED) is 0.667. The predicted molar refractivity (Wildman–Crippen MR) is 129 cm³/mol. The van der Waals surface area contributed by atoms with Crippen molar-refractivity contribution in [2.75, 3.05) is 0 Å². The van der Waals surface area contributed by atoms with Gasteiger partial charge in [0.25, 0.3) is 5.78 Å². The molecule has 0 fully saturated rings. The molecule has 0 saturated carbocycles. The van der Waals surface area contributed by atoms with Crippen molar-refractivity contribution in [1.29, 1.82) is 0 Å². The zero-order valence-electron chi connectivity index (χ0n) is 18.0. The first-order valence-corrected chi connectivity index (χ1v) is 11.2. The Balaban J connectivity index is 1.60. The van der Waals surface area contributed by atoms with Crippen LogP contribution in [0.15, 0.2) is 77.5 Å². The second-order valence-corrected chi connectivity index (χ2v) is 8.90. The van der Waals surface area contributed by atoms with Gasteiger partial charge in [-0.05, 0) is 57.9 Å². The molecule has 2 unspecified atom stereocenters. The van der Waals surface area contributed by atoms with Gasteiger partial charge in [0.2, 0.25) is 0 Å². The summed E-state index contributed by atoms with van der Waals surface area (Å²) in [6.07, 6.45) is 7.90. The van der Waals surface area contributed by atoms with Gasteiger partial charge >= 0.3 is 5.97 Å². The van der Waals surface area contributed by atoms with Crippen LogP contribution in [0, 0.1) is 5.92 Å². The summed E-state index contributed by atoms with van der Waals surface area (Å²) >= 11 is 6.05. The number of ketones is 2. The number of carbonyl (C=O) groups is 3. The summed E-state index contributed by atoms with van der Waals surface area (Å²) in [7, 11) is 0. The Bertz CT molecular complexity index is 1430. The molecule has 7 heteroatoms. The van der Waals surface area contributed by atoms with Gasteiger partial charge in [0.15, 0.2) is 5.78 Å². The van der Waals surface area contributed by atoms with Crippen LogP contribution in [0.25, 0.3) is 17.7 Å². The zero-order valence-corrected chi connectivity index (χ0v) is 18.8. The Hall–Kier alpha value is -3.74. The van der Waals surface area contributed by atoms with Gasteiger partial charge in [0.1, 0.15) is 0 Å². The number of halogens is 1. The molecule has 0 bridgehead atoms. The van der Waals surface area contributed by atoms with E-state index in [1.54, 1.807) is 30.5 Å². The van der Waals surface area contributed by atoms with E-state index in [1.165, 1.54) is 6.08 Å². The number of allylic oxidation sites excluding steroid dienone is 3. The largest absolute Gasteiger partial charge is 0.475 e. The van der Waals surface area contributed by atoms with E-state index in [0.29, 0.717) is 28.2 Å². The van der Waals surface area contributed by atoms with Gasteiger partial charge in [-0.2, -0.15) is 0 Å². The van der Waals surface area contributed by atoms with E-state index in [4.69, 9.17) is 11.6 Å². The first-order chi connectivity index (χ1) is 16.4. The third-order valence-electron chi connectivity index (χ3n) is 6.31. The van der Waals surface area contributed by atoms with Gasteiger partial charge in [-0.25, -0.2) is 15.6 Å². The van der Waals surface area contributed by atoms with E-state index in [2.05, 4.69) is 35.1 Å². The van der Waals surface area contributed by atoms with Gasteiger partial charge < -0.3 is 5.11 Å². The molecule has 0 spiro atoms. The minimum atomic E-state index is -1.58. The molecule has 3 aliphatic rings. The summed E-state index contributed by atoms with van der Waals surface area (Å²) < 4.78 is 0. The summed E-state index contributed by atoms with van der Waals surface area (Å²) in [6, 6.07) is 14.6. The van der Waals surface area contributed by atoms with Crippen LogP contribution < -0.4 is 21.3 Å². The topological polar surface area (TPSA) is 97.6 Å². The number of aliphatic carboxylic acids is 1. The van der Waals surface area contributed by atoms with E-state index in [-0.39, 0.29) is 23.7 Å². The van der Waals surface area contributed by atoms with Crippen LogP contribution in [0.5, 0.6) is 0 Å². The highest BCUT2D eigenvalue weighted by atomic mass is 35.5. The maximum atomic E-state index is 13.4. The van der Waals surface area contributed by atoms with Crippen molar-refractivity contribution in [1.82, 2.24) is 10.9 Å². The molecule has 0 amide bonds. The van der Waals surface area contributed by atoms with Crippen LogP contribution >= 0.6 is 11.6 Å². The molecular weight excluding hydrogens is 452 g/mol. The van der Waals surface area contributed by atoms with Gasteiger partial charge in [0.05, 0.1) is 6.04 Å². The maximum Gasteiger partial charge on any atom is 0.376 e. The first kappa shape index (κ1) is 22.1. The molecular formula is C27H20ClN2O4. The van der Waals surface area contributed by atoms with Crippen molar-refractivity contribution in [3.05, 3.63) is 98.5 Å². The number of rotatable bonds is 4. The number of carboxylic acid groups (broad SMARTS) is 1. The zero-order chi connectivity index (χ0) is 23.8. The van der Waals surface area contributed by atoms with Crippen LogP contribution in [0.3, 0.4) is 0 Å². The summed E-state index contributed by atoms with van der Waals surface area (Å²) in [4.78, 5) is 36.9. The van der Waals surface area contributed by atoms with Crippen molar-refractivity contribution in [2.24, 2.45) is 5.92 Å². The fraction of sp³-hybridized carbons (Fsp3) is 0.148. The number of carboxylic acids is 1. The Labute approximate surface area is 200 Å². The molecule has 2 N–H and O–H groups in total. The molecule has 2 atom stereocenters. The number of nitrogens with one attached hydrogen (secondary N) is 1. The molecule has 169 valence electrons. The van der Waals surface area contributed by atoms with Crippen molar-refractivity contribution < 1.29 is 19.5 Å². The Morgan fingerprint density at radius 2 is 1.76 bits per heavy atom. The number of hydrogen-bond acceptors (Lipinski definition) is 4. The number of hydrogen-bond donors (Lipinski definition) is 2. The van der Waals surface area contributed by atoms with Crippen LogP contribution in [-0.4, -0.2) is 28.7 Å². The van der Waals surface area contributed by atoms with Crippen LogP contribution in [-0.2, 0) is 14.4 Å². The van der Waals surface area contributed by atoms with Gasteiger partial charge in [0, 0.05) is 34.7 Å². The Morgan fingerprint density at radius 1 is 1.03 bits per heavy atom. The predicted octanol–water partition coefficient (Wildman–Crippen LogP) is 2.30. The Morgan fingerprint density at radius 3 is 2.50 bits per heavy atom. The van der Waals surface area contributed by atoms with Crippen LogP contribution in [0.4, 0.5) is 0 Å². The van der Waals surface area contributed by atoms with Crippen molar-refractivity contribution >= 4 is 46.9 Å². The molecule has 6 nitrogen and oxygen atoms in total. The fourth-order valence-electron chi connectivity index (χ4n) is 4.68. The number of carbonyl (C=O) groups excluding carboxylic acids is 2. The lowest BCUT2D eigenvalue weighted by Crippen LogP contribution is -2.39. The first-order valence-electron chi connectivity index (χ1n) is 10.9. The summed E-state index contributed by atoms with van der Waals surface area (Å²) in [5.41, 5.74) is 10.2. The van der Waals surface area contributed by atoms with Gasteiger partial charge in [-0.15, -0.1) is 0 Å². The van der Waals surface area contributed by atoms with Gasteiger partial charge in [-0.1, -0.05) is 54.1 Å². The lowest BCUT2D eigenvalue weighted by atomic mass is 9.79. The molecule has 5 rings (SSSR count). The summed E-state index contributed by atoms with van der Waals surface area (Å²) in [6.45, 7) is 0. The van der Waals surface area contributed by atoms with E-state index >= 15 is 0 Å². The van der Waals surface area contributed by atoms with E-state index in [9.17, 15) is 19.5 Å².